The lowest BCUT2D eigenvalue weighted by Crippen LogP contribution is -2.62. The van der Waals surface area contributed by atoms with Gasteiger partial charge < -0.3 is 16.0 Å². The van der Waals surface area contributed by atoms with E-state index in [1.54, 1.807) is 11.3 Å². The van der Waals surface area contributed by atoms with E-state index in [0.29, 0.717) is 11.6 Å². The van der Waals surface area contributed by atoms with E-state index in [4.69, 9.17) is 0 Å². The Morgan fingerprint density at radius 2 is 2.00 bits per heavy atom. The summed E-state index contributed by atoms with van der Waals surface area (Å²) in [5, 5.41) is 13.3. The molecule has 3 rings (SSSR count). The molecule has 2 fully saturated rings. The zero-order valence-corrected chi connectivity index (χ0v) is 16.1. The third-order valence-electron chi connectivity index (χ3n) is 4.93. The number of hydrogen-bond donors (Lipinski definition) is 3. The predicted molar refractivity (Wildman–Crippen MR) is 98.7 cm³/mol. The number of aromatic nitrogens is 1. The van der Waals surface area contributed by atoms with Crippen LogP contribution < -0.4 is 16.0 Å². The number of nitrogens with zero attached hydrogens (tertiary/aromatic N) is 1. The molecule has 2 aliphatic heterocycles. The summed E-state index contributed by atoms with van der Waals surface area (Å²) in [4.78, 5) is 17.3. The van der Waals surface area contributed by atoms with Gasteiger partial charge in [0.25, 0.3) is 5.91 Å². The van der Waals surface area contributed by atoms with Gasteiger partial charge in [-0.05, 0) is 59.9 Å². The van der Waals surface area contributed by atoms with Crippen molar-refractivity contribution in [3.05, 3.63) is 16.1 Å². The smallest absolute Gasteiger partial charge is 0.270 e. The standard InChI is InChI=1S/C18H30N4OS/c1-17(2)8-13(9-18(3,4)22-17)20-15(23)14-11-24-16(21-14)12-6-5-7-19-10-12/h11-13,19,22H,5-10H2,1-4H3,(H,20,23). The van der Waals surface area contributed by atoms with E-state index in [0.717, 1.165) is 37.4 Å². The van der Waals surface area contributed by atoms with Crippen LogP contribution in [-0.4, -0.2) is 41.1 Å². The molecule has 0 aromatic carbocycles. The van der Waals surface area contributed by atoms with E-state index in [-0.39, 0.29) is 23.0 Å². The Hall–Kier alpha value is -0.980. The number of rotatable bonds is 3. The molecule has 3 heterocycles. The highest BCUT2D eigenvalue weighted by molar-refractivity contribution is 7.09. The normalized spacial score (nSPS) is 26.9. The number of amides is 1. The molecule has 0 bridgehead atoms. The Kier molecular flexibility index (Phi) is 5.00. The van der Waals surface area contributed by atoms with Gasteiger partial charge in [-0.2, -0.15) is 0 Å². The molecule has 0 radical (unpaired) electrons. The van der Waals surface area contributed by atoms with Gasteiger partial charge in [-0.15, -0.1) is 11.3 Å². The second-order valence-electron chi connectivity index (χ2n) is 8.59. The molecule has 1 aromatic heterocycles. The zero-order valence-electron chi connectivity index (χ0n) is 15.2. The Morgan fingerprint density at radius 1 is 1.29 bits per heavy atom. The fourth-order valence-corrected chi connectivity index (χ4v) is 5.26. The largest absolute Gasteiger partial charge is 0.348 e. The highest BCUT2D eigenvalue weighted by Crippen LogP contribution is 2.29. The molecular formula is C18H30N4OS. The van der Waals surface area contributed by atoms with E-state index in [2.05, 4.69) is 48.6 Å². The van der Waals surface area contributed by atoms with Crippen LogP contribution in [0.4, 0.5) is 0 Å². The molecular weight excluding hydrogens is 320 g/mol. The summed E-state index contributed by atoms with van der Waals surface area (Å²) in [5.74, 6) is 0.432. The maximum atomic E-state index is 12.6. The summed E-state index contributed by atoms with van der Waals surface area (Å²) in [5.41, 5.74) is 0.635. The first kappa shape index (κ1) is 17.8. The van der Waals surface area contributed by atoms with E-state index < -0.39 is 0 Å². The number of piperidine rings is 2. The molecule has 0 aliphatic carbocycles. The van der Waals surface area contributed by atoms with Crippen LogP contribution in [0.5, 0.6) is 0 Å². The summed E-state index contributed by atoms with van der Waals surface area (Å²) < 4.78 is 0. The Balaban J connectivity index is 1.63. The SMILES string of the molecule is CC1(C)CC(NC(=O)c2csc(C3CCCNC3)n2)CC(C)(C)N1. The minimum atomic E-state index is -0.0280. The van der Waals surface area contributed by atoms with Gasteiger partial charge >= 0.3 is 0 Å². The third kappa shape index (κ3) is 4.35. The Bertz CT molecular complexity index is 574. The van der Waals surface area contributed by atoms with E-state index >= 15 is 0 Å². The van der Waals surface area contributed by atoms with Crippen LogP contribution in [0.1, 0.15) is 74.8 Å². The molecule has 1 aromatic rings. The summed E-state index contributed by atoms with van der Waals surface area (Å²) in [6.45, 7) is 10.9. The van der Waals surface area contributed by atoms with Crippen LogP contribution in [0.25, 0.3) is 0 Å². The van der Waals surface area contributed by atoms with Crippen LogP contribution in [-0.2, 0) is 0 Å². The molecule has 5 nitrogen and oxygen atoms in total. The van der Waals surface area contributed by atoms with E-state index in [1.807, 2.05) is 5.38 Å². The lowest BCUT2D eigenvalue weighted by Gasteiger charge is -2.46. The van der Waals surface area contributed by atoms with Crippen LogP contribution in [0.3, 0.4) is 0 Å². The first-order valence-corrected chi connectivity index (χ1v) is 9.88. The van der Waals surface area contributed by atoms with Gasteiger partial charge in [-0.25, -0.2) is 4.98 Å². The third-order valence-corrected chi connectivity index (χ3v) is 5.93. The van der Waals surface area contributed by atoms with Gasteiger partial charge in [0.2, 0.25) is 0 Å². The lowest BCUT2D eigenvalue weighted by molar-refractivity contribution is 0.0868. The predicted octanol–water partition coefficient (Wildman–Crippen LogP) is 2.65. The van der Waals surface area contributed by atoms with Gasteiger partial charge in [-0.3, -0.25) is 4.79 Å². The quantitative estimate of drug-likeness (QED) is 0.784. The number of nitrogens with one attached hydrogen (secondary N) is 3. The molecule has 2 aliphatic rings. The van der Waals surface area contributed by atoms with E-state index in [1.165, 1.54) is 6.42 Å². The monoisotopic (exact) mass is 350 g/mol. The highest BCUT2D eigenvalue weighted by atomic mass is 32.1. The van der Waals surface area contributed by atoms with Crippen molar-refractivity contribution < 1.29 is 4.79 Å². The molecule has 0 spiro atoms. The summed E-state index contributed by atoms with van der Waals surface area (Å²) in [6.07, 6.45) is 4.22. The minimum absolute atomic E-state index is 0.0280. The van der Waals surface area contributed by atoms with Crippen molar-refractivity contribution in [3.63, 3.8) is 0 Å². The number of carbonyl (C=O) groups excluding carboxylic acids is 1. The number of carbonyl (C=O) groups is 1. The molecule has 24 heavy (non-hydrogen) atoms. The number of hydrogen-bond acceptors (Lipinski definition) is 5. The maximum Gasteiger partial charge on any atom is 0.270 e. The molecule has 6 heteroatoms. The van der Waals surface area contributed by atoms with Gasteiger partial charge in [-0.1, -0.05) is 0 Å². The highest BCUT2D eigenvalue weighted by Gasteiger charge is 2.38. The van der Waals surface area contributed by atoms with Gasteiger partial charge in [0.15, 0.2) is 0 Å². The molecule has 2 saturated heterocycles. The fraction of sp³-hybridized carbons (Fsp3) is 0.778. The summed E-state index contributed by atoms with van der Waals surface area (Å²) in [7, 11) is 0. The minimum Gasteiger partial charge on any atom is -0.348 e. The van der Waals surface area contributed by atoms with Crippen molar-refractivity contribution in [1.29, 1.82) is 0 Å². The van der Waals surface area contributed by atoms with Gasteiger partial charge in [0, 0.05) is 35.0 Å². The van der Waals surface area contributed by atoms with Crippen molar-refractivity contribution >= 4 is 17.2 Å². The lowest BCUT2D eigenvalue weighted by atomic mass is 9.79. The maximum absolute atomic E-state index is 12.6. The average molecular weight is 351 g/mol. The molecule has 134 valence electrons. The van der Waals surface area contributed by atoms with Crippen molar-refractivity contribution in [2.45, 2.75) is 76.4 Å². The second-order valence-corrected chi connectivity index (χ2v) is 9.48. The molecule has 3 N–H and O–H groups in total. The first-order valence-electron chi connectivity index (χ1n) is 9.00. The molecule has 0 saturated carbocycles. The van der Waals surface area contributed by atoms with Crippen molar-refractivity contribution in [2.75, 3.05) is 13.1 Å². The Morgan fingerprint density at radius 3 is 2.62 bits per heavy atom. The first-order chi connectivity index (χ1) is 11.2. The molecule has 1 atom stereocenters. The molecule has 1 unspecified atom stereocenters. The summed E-state index contributed by atoms with van der Waals surface area (Å²) in [6, 6.07) is 0.185. The second kappa shape index (κ2) is 6.73. The van der Waals surface area contributed by atoms with Crippen molar-refractivity contribution in [3.8, 4) is 0 Å². The fourth-order valence-electron chi connectivity index (χ4n) is 4.33. The van der Waals surface area contributed by atoms with Gasteiger partial charge in [0.05, 0.1) is 5.01 Å². The van der Waals surface area contributed by atoms with Crippen LogP contribution >= 0.6 is 11.3 Å². The van der Waals surface area contributed by atoms with Crippen LogP contribution in [0.15, 0.2) is 5.38 Å². The number of thiazole rings is 1. The Labute approximate surface area is 149 Å². The van der Waals surface area contributed by atoms with Crippen molar-refractivity contribution in [2.24, 2.45) is 0 Å². The molecule has 1 amide bonds. The van der Waals surface area contributed by atoms with Gasteiger partial charge in [0.1, 0.15) is 5.69 Å². The average Bonchev–Trinajstić information content (AvgIpc) is 2.94. The summed E-state index contributed by atoms with van der Waals surface area (Å²) >= 11 is 1.62. The van der Waals surface area contributed by atoms with Crippen molar-refractivity contribution in [1.82, 2.24) is 20.9 Å². The zero-order chi connectivity index (χ0) is 17.4. The van der Waals surface area contributed by atoms with Crippen LogP contribution in [0.2, 0.25) is 0 Å². The van der Waals surface area contributed by atoms with Crippen LogP contribution in [0, 0.1) is 0 Å². The van der Waals surface area contributed by atoms with E-state index in [9.17, 15) is 4.79 Å². The topological polar surface area (TPSA) is 66.0 Å².